The van der Waals surface area contributed by atoms with Crippen LogP contribution in [0.5, 0.6) is 5.75 Å². The van der Waals surface area contributed by atoms with Crippen molar-refractivity contribution in [1.29, 1.82) is 0 Å². The Morgan fingerprint density at radius 2 is 1.96 bits per heavy atom. The number of fused-ring (bicyclic) bond motifs is 5. The van der Waals surface area contributed by atoms with Crippen LogP contribution < -0.4 is 10.2 Å². The van der Waals surface area contributed by atoms with E-state index in [1.165, 1.54) is 0 Å². The van der Waals surface area contributed by atoms with E-state index in [4.69, 9.17) is 9.57 Å². The molecule has 0 bridgehead atoms. The highest BCUT2D eigenvalue weighted by Crippen LogP contribution is 2.48. The lowest BCUT2D eigenvalue weighted by atomic mass is 9.82. The lowest BCUT2D eigenvalue weighted by Crippen LogP contribution is -2.46. The van der Waals surface area contributed by atoms with Gasteiger partial charge in [0.25, 0.3) is 5.90 Å². The number of hydrogen-bond acceptors (Lipinski definition) is 5. The average Bonchev–Trinajstić information content (AvgIpc) is 3.09. The molecule has 2 heterocycles. The molecule has 132 valence electrons. The summed E-state index contributed by atoms with van der Waals surface area (Å²) in [5, 5.41) is 9.81. The first-order valence-corrected chi connectivity index (χ1v) is 8.69. The summed E-state index contributed by atoms with van der Waals surface area (Å²) in [5.41, 5.74) is 2.21. The van der Waals surface area contributed by atoms with Gasteiger partial charge in [0.05, 0.1) is 0 Å². The van der Waals surface area contributed by atoms with Crippen molar-refractivity contribution >= 4 is 28.3 Å². The molecular formula is C22H16N2O3. The first kappa shape index (κ1) is 15.6. The van der Waals surface area contributed by atoms with Gasteiger partial charge in [0.2, 0.25) is 0 Å². The van der Waals surface area contributed by atoms with Crippen LogP contribution in [0.2, 0.25) is 0 Å². The zero-order valence-corrected chi connectivity index (χ0v) is 14.4. The fraction of sp³-hybridized carbons (Fsp3) is 0.0909. The molecule has 5 heteroatoms. The lowest BCUT2D eigenvalue weighted by Gasteiger charge is -2.35. The lowest BCUT2D eigenvalue weighted by molar-refractivity contribution is -0.130. The molecule has 0 aromatic heterocycles. The van der Waals surface area contributed by atoms with Gasteiger partial charge in [-0.1, -0.05) is 55.1 Å². The Hall–Kier alpha value is -3.60. The highest BCUT2D eigenvalue weighted by Gasteiger charge is 2.50. The van der Waals surface area contributed by atoms with Crippen LogP contribution in [0.15, 0.2) is 78.5 Å². The van der Waals surface area contributed by atoms with Gasteiger partial charge in [0.15, 0.2) is 11.3 Å². The Kier molecular flexibility index (Phi) is 3.31. The number of ether oxygens (including phenoxy) is 1. The molecule has 2 aliphatic rings. The van der Waals surface area contributed by atoms with E-state index in [-0.39, 0.29) is 5.90 Å². The van der Waals surface area contributed by atoms with Crippen LogP contribution in [-0.2, 0) is 21.5 Å². The van der Waals surface area contributed by atoms with E-state index < -0.39 is 11.5 Å². The summed E-state index contributed by atoms with van der Waals surface area (Å²) in [6.45, 7) is 3.48. The van der Waals surface area contributed by atoms with Crippen molar-refractivity contribution in [3.63, 3.8) is 0 Å². The van der Waals surface area contributed by atoms with Crippen molar-refractivity contribution in [2.45, 2.75) is 12.0 Å². The number of nitrogens with one attached hydrogen (secondary N) is 1. The van der Waals surface area contributed by atoms with Gasteiger partial charge >= 0.3 is 5.97 Å². The molecule has 5 rings (SSSR count). The number of carbonyl (C=O) groups excluding carboxylic acids is 1. The van der Waals surface area contributed by atoms with E-state index in [2.05, 4.69) is 23.1 Å². The maximum atomic E-state index is 12.0. The average molecular weight is 356 g/mol. The summed E-state index contributed by atoms with van der Waals surface area (Å²) in [6, 6.07) is 20.0. The molecule has 5 nitrogen and oxygen atoms in total. The normalized spacial score (nSPS) is 19.5. The number of benzene rings is 3. The molecule has 1 N–H and O–H groups in total. The van der Waals surface area contributed by atoms with E-state index in [1.54, 1.807) is 0 Å². The molecule has 3 aromatic rings. The second-order valence-electron chi connectivity index (χ2n) is 6.64. The molecule has 1 atom stereocenters. The predicted molar refractivity (Wildman–Crippen MR) is 104 cm³/mol. The van der Waals surface area contributed by atoms with E-state index in [1.807, 2.05) is 54.6 Å². The molecule has 27 heavy (non-hydrogen) atoms. The molecule has 1 spiro atoms. The number of nitrogens with zero attached hydrogens (tertiary/aromatic N) is 1. The van der Waals surface area contributed by atoms with Crippen LogP contribution in [0.25, 0.3) is 10.8 Å². The zero-order chi connectivity index (χ0) is 18.4. The van der Waals surface area contributed by atoms with Crippen LogP contribution >= 0.6 is 0 Å². The monoisotopic (exact) mass is 356 g/mol. The SMILES string of the molecule is C=CC(=O)OC1=NOc2ccc3ccccc3c2C12Cc1ccccc1N2. The van der Waals surface area contributed by atoms with Crippen molar-refractivity contribution in [3.8, 4) is 5.75 Å². The second-order valence-corrected chi connectivity index (χ2v) is 6.64. The minimum atomic E-state index is -0.823. The number of para-hydroxylation sites is 1. The van der Waals surface area contributed by atoms with E-state index in [0.717, 1.165) is 33.7 Å². The van der Waals surface area contributed by atoms with Crippen LogP contribution in [0, 0.1) is 0 Å². The first-order valence-electron chi connectivity index (χ1n) is 8.69. The predicted octanol–water partition coefficient (Wildman–Crippen LogP) is 4.14. The Morgan fingerprint density at radius 1 is 1.15 bits per heavy atom. The number of hydrogen-bond donors (Lipinski definition) is 1. The van der Waals surface area contributed by atoms with Crippen molar-refractivity contribution in [2.75, 3.05) is 5.32 Å². The van der Waals surface area contributed by atoms with Gasteiger partial charge in [-0.3, -0.25) is 0 Å². The third kappa shape index (κ3) is 2.25. The van der Waals surface area contributed by atoms with Gasteiger partial charge in [-0.05, 0) is 33.6 Å². The summed E-state index contributed by atoms with van der Waals surface area (Å²) in [4.78, 5) is 17.6. The van der Waals surface area contributed by atoms with E-state index in [0.29, 0.717) is 12.2 Å². The molecule has 0 fully saturated rings. The van der Waals surface area contributed by atoms with Gasteiger partial charge in [-0.2, -0.15) is 0 Å². The Labute approximate surface area is 155 Å². The Morgan fingerprint density at radius 3 is 2.81 bits per heavy atom. The summed E-state index contributed by atoms with van der Waals surface area (Å²) >= 11 is 0. The summed E-state index contributed by atoms with van der Waals surface area (Å²) in [5.74, 6) is 0.262. The number of carbonyl (C=O) groups is 1. The number of oxime groups is 1. The van der Waals surface area contributed by atoms with Crippen LogP contribution in [-0.4, -0.2) is 11.9 Å². The van der Waals surface area contributed by atoms with Crippen LogP contribution in [0.4, 0.5) is 5.69 Å². The molecule has 2 aliphatic heterocycles. The van der Waals surface area contributed by atoms with Crippen molar-refractivity contribution in [2.24, 2.45) is 5.16 Å². The second kappa shape index (κ2) is 5.71. The van der Waals surface area contributed by atoms with Gasteiger partial charge < -0.3 is 14.9 Å². The van der Waals surface area contributed by atoms with Gasteiger partial charge in [0.1, 0.15) is 0 Å². The highest BCUT2D eigenvalue weighted by molar-refractivity contribution is 6.06. The molecule has 0 saturated heterocycles. The third-order valence-corrected chi connectivity index (χ3v) is 5.09. The molecule has 0 saturated carbocycles. The fourth-order valence-corrected chi connectivity index (χ4v) is 3.92. The molecule has 0 radical (unpaired) electrons. The highest BCUT2D eigenvalue weighted by atomic mass is 16.7. The topological polar surface area (TPSA) is 59.9 Å². The van der Waals surface area contributed by atoms with Crippen LogP contribution in [0.3, 0.4) is 0 Å². The standard InChI is InChI=1S/C22H16N2O3/c1-2-19(25)26-21-22(13-15-8-4-6-10-17(15)23-22)20-16-9-5-3-7-14(16)11-12-18(20)27-24-21/h2-12,23H,1,13H2. The van der Waals surface area contributed by atoms with Crippen molar-refractivity contribution in [3.05, 3.63) is 84.4 Å². The fourth-order valence-electron chi connectivity index (χ4n) is 3.92. The van der Waals surface area contributed by atoms with E-state index >= 15 is 0 Å². The Balaban J connectivity index is 1.77. The maximum absolute atomic E-state index is 12.0. The smallest absolute Gasteiger partial charge is 0.336 e. The van der Waals surface area contributed by atoms with Crippen molar-refractivity contribution in [1.82, 2.24) is 0 Å². The molecule has 3 aromatic carbocycles. The minimum Gasteiger partial charge on any atom is -0.402 e. The maximum Gasteiger partial charge on any atom is 0.336 e. The van der Waals surface area contributed by atoms with Gasteiger partial charge in [-0.15, -0.1) is 0 Å². The number of rotatable bonds is 1. The van der Waals surface area contributed by atoms with Gasteiger partial charge in [0, 0.05) is 23.7 Å². The first-order chi connectivity index (χ1) is 13.2. The van der Waals surface area contributed by atoms with Crippen LogP contribution in [0.1, 0.15) is 11.1 Å². The summed E-state index contributed by atoms with van der Waals surface area (Å²) < 4.78 is 5.52. The summed E-state index contributed by atoms with van der Waals surface area (Å²) in [6.07, 6.45) is 1.72. The van der Waals surface area contributed by atoms with Gasteiger partial charge in [-0.25, -0.2) is 4.79 Å². The zero-order valence-electron chi connectivity index (χ0n) is 14.4. The van der Waals surface area contributed by atoms with Crippen molar-refractivity contribution < 1.29 is 14.4 Å². The minimum absolute atomic E-state index is 0.187. The number of esters is 1. The third-order valence-electron chi connectivity index (χ3n) is 5.09. The van der Waals surface area contributed by atoms with E-state index in [9.17, 15) is 4.79 Å². The quantitative estimate of drug-likeness (QED) is 0.526. The molecule has 0 amide bonds. The molecular weight excluding hydrogens is 340 g/mol. The summed E-state index contributed by atoms with van der Waals surface area (Å²) in [7, 11) is 0. The molecule has 0 aliphatic carbocycles. The molecule has 1 unspecified atom stereocenters. The Bertz CT molecular complexity index is 1110. The largest absolute Gasteiger partial charge is 0.402 e. The number of anilines is 1.